The van der Waals surface area contributed by atoms with Crippen LogP contribution in [0.1, 0.15) is 22.4 Å². The molecule has 0 amide bonds. The summed E-state index contributed by atoms with van der Waals surface area (Å²) in [6.07, 6.45) is -0.0628. The van der Waals surface area contributed by atoms with Crippen LogP contribution in [0.3, 0.4) is 0 Å². The maximum atomic E-state index is 11.9. The number of sulfone groups is 1. The van der Waals surface area contributed by atoms with Gasteiger partial charge in [-0.25, -0.2) is 8.42 Å². The number of aryl methyl sites for hydroxylation is 2. The molecule has 5 nitrogen and oxygen atoms in total. The molecule has 2 unspecified atom stereocenters. The van der Waals surface area contributed by atoms with Crippen molar-refractivity contribution in [3.8, 4) is 5.75 Å². The Bertz CT molecular complexity index is 862. The molecular formula is C20H27NO4S2. The molecule has 1 aliphatic heterocycles. The van der Waals surface area contributed by atoms with Gasteiger partial charge in [-0.1, -0.05) is 12.1 Å². The Morgan fingerprint density at radius 2 is 2.15 bits per heavy atom. The highest BCUT2D eigenvalue weighted by molar-refractivity contribution is 7.91. The summed E-state index contributed by atoms with van der Waals surface area (Å²) < 4.78 is 29.6. The number of ether oxygens (including phenoxy) is 1. The van der Waals surface area contributed by atoms with E-state index in [1.165, 1.54) is 10.4 Å². The summed E-state index contributed by atoms with van der Waals surface area (Å²) >= 11 is 1.67. The summed E-state index contributed by atoms with van der Waals surface area (Å²) in [4.78, 5) is 3.32. The first-order valence-corrected chi connectivity index (χ1v) is 11.9. The molecule has 1 aromatic carbocycles. The van der Waals surface area contributed by atoms with Gasteiger partial charge in [-0.05, 0) is 55.0 Å². The lowest BCUT2D eigenvalue weighted by atomic mass is 10.1. The minimum absolute atomic E-state index is 0.0508. The van der Waals surface area contributed by atoms with Crippen molar-refractivity contribution in [1.82, 2.24) is 4.90 Å². The van der Waals surface area contributed by atoms with Crippen molar-refractivity contribution in [2.24, 2.45) is 0 Å². The van der Waals surface area contributed by atoms with Crippen LogP contribution in [0.5, 0.6) is 5.75 Å². The van der Waals surface area contributed by atoms with E-state index in [9.17, 15) is 13.5 Å². The van der Waals surface area contributed by atoms with Crippen LogP contribution in [0.15, 0.2) is 35.7 Å². The first-order chi connectivity index (χ1) is 12.8. The third-order valence-electron chi connectivity index (χ3n) is 4.92. The van der Waals surface area contributed by atoms with Crippen LogP contribution in [0.4, 0.5) is 0 Å². The summed E-state index contributed by atoms with van der Waals surface area (Å²) in [6, 6.07) is 9.74. The number of thiophene rings is 1. The Morgan fingerprint density at radius 1 is 1.33 bits per heavy atom. The molecule has 0 bridgehead atoms. The van der Waals surface area contributed by atoms with Gasteiger partial charge in [0.2, 0.25) is 0 Å². The van der Waals surface area contributed by atoms with E-state index in [4.69, 9.17) is 4.74 Å². The van der Waals surface area contributed by atoms with E-state index < -0.39 is 15.9 Å². The lowest BCUT2D eigenvalue weighted by Crippen LogP contribution is -2.42. The summed E-state index contributed by atoms with van der Waals surface area (Å²) in [5, 5.41) is 12.6. The van der Waals surface area contributed by atoms with E-state index in [-0.39, 0.29) is 24.2 Å². The van der Waals surface area contributed by atoms with Crippen LogP contribution in [-0.2, 0) is 16.4 Å². The van der Waals surface area contributed by atoms with Gasteiger partial charge in [0, 0.05) is 24.0 Å². The van der Waals surface area contributed by atoms with Gasteiger partial charge in [0.05, 0.1) is 11.5 Å². The van der Waals surface area contributed by atoms with Gasteiger partial charge < -0.3 is 9.84 Å². The molecule has 2 atom stereocenters. The second-order valence-electron chi connectivity index (χ2n) is 7.29. The highest BCUT2D eigenvalue weighted by Crippen LogP contribution is 2.24. The van der Waals surface area contributed by atoms with Crippen molar-refractivity contribution in [2.45, 2.75) is 39.0 Å². The van der Waals surface area contributed by atoms with Crippen molar-refractivity contribution >= 4 is 21.2 Å². The molecule has 0 radical (unpaired) electrons. The topological polar surface area (TPSA) is 66.8 Å². The summed E-state index contributed by atoms with van der Waals surface area (Å²) in [5.41, 5.74) is 2.31. The molecular weight excluding hydrogens is 382 g/mol. The SMILES string of the molecule is Cc1cccc(OCC(O)CN(Cc2sccc2C)C2CCS(=O)(=O)C2)c1. The van der Waals surface area contributed by atoms with Crippen molar-refractivity contribution in [3.05, 3.63) is 51.7 Å². The minimum Gasteiger partial charge on any atom is -0.491 e. The lowest BCUT2D eigenvalue weighted by Gasteiger charge is -2.30. The van der Waals surface area contributed by atoms with Crippen molar-refractivity contribution < 1.29 is 18.3 Å². The average Bonchev–Trinajstić information content (AvgIpc) is 3.18. The van der Waals surface area contributed by atoms with Crippen molar-refractivity contribution in [1.29, 1.82) is 0 Å². The predicted octanol–water partition coefficient (Wildman–Crippen LogP) is 2.79. The zero-order valence-electron chi connectivity index (χ0n) is 15.8. The fourth-order valence-corrected chi connectivity index (χ4v) is 6.07. The van der Waals surface area contributed by atoms with Crippen molar-refractivity contribution in [3.63, 3.8) is 0 Å². The molecule has 1 aliphatic rings. The smallest absolute Gasteiger partial charge is 0.151 e. The molecule has 2 heterocycles. The Morgan fingerprint density at radius 3 is 2.78 bits per heavy atom. The second-order valence-corrected chi connectivity index (χ2v) is 10.5. The molecule has 0 spiro atoms. The van der Waals surface area contributed by atoms with E-state index >= 15 is 0 Å². The third kappa shape index (κ3) is 5.78. The van der Waals surface area contributed by atoms with Gasteiger partial charge in [0.15, 0.2) is 9.84 Å². The lowest BCUT2D eigenvalue weighted by molar-refractivity contribution is 0.0528. The molecule has 148 valence electrons. The zero-order valence-corrected chi connectivity index (χ0v) is 17.4. The highest BCUT2D eigenvalue weighted by Gasteiger charge is 2.33. The maximum Gasteiger partial charge on any atom is 0.151 e. The molecule has 3 rings (SSSR count). The fraction of sp³-hybridized carbons (Fsp3) is 0.500. The van der Waals surface area contributed by atoms with Crippen LogP contribution in [0.25, 0.3) is 0 Å². The highest BCUT2D eigenvalue weighted by atomic mass is 32.2. The Balaban J connectivity index is 1.64. The van der Waals surface area contributed by atoms with Gasteiger partial charge >= 0.3 is 0 Å². The van der Waals surface area contributed by atoms with Crippen molar-refractivity contribution in [2.75, 3.05) is 24.7 Å². The summed E-state index contributed by atoms with van der Waals surface area (Å²) in [6.45, 7) is 5.29. The van der Waals surface area contributed by atoms with Crippen LogP contribution in [0.2, 0.25) is 0 Å². The Hall–Kier alpha value is -1.41. The summed E-state index contributed by atoms with van der Waals surface area (Å²) in [5.74, 6) is 1.13. The standard InChI is InChI=1S/C20H27NO4S2/c1-15-4-3-5-19(10-15)25-13-18(22)11-21(12-20-16(2)6-8-26-20)17-7-9-27(23,24)14-17/h3-6,8,10,17-18,22H,7,9,11-14H2,1-2H3. The minimum atomic E-state index is -2.98. The Kier molecular flexibility index (Phi) is 6.57. The van der Waals surface area contributed by atoms with Gasteiger partial charge in [0.25, 0.3) is 0 Å². The predicted molar refractivity (Wildman–Crippen MR) is 109 cm³/mol. The number of rotatable bonds is 8. The molecule has 1 aromatic heterocycles. The molecule has 0 aliphatic carbocycles. The second kappa shape index (κ2) is 8.73. The van der Waals surface area contributed by atoms with Gasteiger partial charge in [-0.3, -0.25) is 4.90 Å². The number of hydrogen-bond donors (Lipinski definition) is 1. The van der Waals surface area contributed by atoms with Crippen LogP contribution < -0.4 is 4.74 Å². The monoisotopic (exact) mass is 409 g/mol. The van der Waals surface area contributed by atoms with Crippen LogP contribution in [-0.4, -0.2) is 55.2 Å². The van der Waals surface area contributed by atoms with Crippen LogP contribution in [0, 0.1) is 13.8 Å². The molecule has 0 saturated carbocycles. The van der Waals surface area contributed by atoms with E-state index in [0.717, 1.165) is 11.3 Å². The zero-order chi connectivity index (χ0) is 19.4. The molecule has 1 fully saturated rings. The number of aliphatic hydroxyl groups excluding tert-OH is 1. The normalized spacial score (nSPS) is 20.1. The maximum absolute atomic E-state index is 11.9. The van der Waals surface area contributed by atoms with Gasteiger partial charge in [-0.2, -0.15) is 0 Å². The number of hydrogen-bond acceptors (Lipinski definition) is 6. The van der Waals surface area contributed by atoms with Crippen LogP contribution >= 0.6 is 11.3 Å². The van der Waals surface area contributed by atoms with Gasteiger partial charge in [0.1, 0.15) is 18.5 Å². The quantitative estimate of drug-likeness (QED) is 0.726. The number of nitrogens with zero attached hydrogens (tertiary/aromatic N) is 1. The van der Waals surface area contributed by atoms with E-state index in [1.54, 1.807) is 11.3 Å². The van der Waals surface area contributed by atoms with Gasteiger partial charge in [-0.15, -0.1) is 11.3 Å². The third-order valence-corrected chi connectivity index (χ3v) is 7.67. The molecule has 7 heteroatoms. The molecule has 1 N–H and O–H groups in total. The summed E-state index contributed by atoms with van der Waals surface area (Å²) in [7, 11) is -2.98. The Labute approximate surface area is 165 Å². The molecule has 2 aromatic rings. The first kappa shape index (κ1) is 20.3. The fourth-order valence-electron chi connectivity index (χ4n) is 3.38. The average molecular weight is 410 g/mol. The first-order valence-electron chi connectivity index (χ1n) is 9.17. The van der Waals surface area contributed by atoms with E-state index in [0.29, 0.717) is 19.5 Å². The molecule has 1 saturated heterocycles. The molecule has 27 heavy (non-hydrogen) atoms. The number of benzene rings is 1. The number of aliphatic hydroxyl groups is 1. The van der Waals surface area contributed by atoms with E-state index in [2.05, 4.69) is 17.9 Å². The van der Waals surface area contributed by atoms with E-state index in [1.807, 2.05) is 36.6 Å². The largest absolute Gasteiger partial charge is 0.491 e.